The van der Waals surface area contributed by atoms with Crippen LogP contribution in [-0.4, -0.2) is 34.7 Å². The molecule has 0 radical (unpaired) electrons. The molecule has 0 bridgehead atoms. The highest BCUT2D eigenvalue weighted by Crippen LogP contribution is 2.39. The summed E-state index contributed by atoms with van der Waals surface area (Å²) in [6, 6.07) is 10.0. The molecule has 24 heavy (non-hydrogen) atoms. The molecule has 3 heterocycles. The van der Waals surface area contributed by atoms with Gasteiger partial charge >= 0.3 is 5.97 Å². The van der Waals surface area contributed by atoms with Gasteiger partial charge in [0, 0.05) is 25.2 Å². The van der Waals surface area contributed by atoms with E-state index in [1.54, 1.807) is 6.07 Å². The van der Waals surface area contributed by atoms with Crippen molar-refractivity contribution in [2.24, 2.45) is 0 Å². The van der Waals surface area contributed by atoms with E-state index < -0.39 is 5.97 Å². The van der Waals surface area contributed by atoms with Crippen LogP contribution in [0.25, 0.3) is 0 Å². The van der Waals surface area contributed by atoms with Crippen molar-refractivity contribution in [3.8, 4) is 5.75 Å². The lowest BCUT2D eigenvalue weighted by Gasteiger charge is -2.44. The summed E-state index contributed by atoms with van der Waals surface area (Å²) in [6.07, 6.45) is 5.53. The van der Waals surface area contributed by atoms with Crippen LogP contribution in [0.5, 0.6) is 5.75 Å². The van der Waals surface area contributed by atoms with Gasteiger partial charge in [-0.15, -0.1) is 0 Å². The van der Waals surface area contributed by atoms with Crippen molar-refractivity contribution in [1.29, 1.82) is 0 Å². The number of nitrogens with zero attached hydrogens (tertiary/aromatic N) is 1. The molecule has 1 fully saturated rings. The SMILES string of the molecule is O=C(O)c1occc1CN1CCC2(CCc3ccccc3O2)CC1. The molecule has 0 atom stereocenters. The van der Waals surface area contributed by atoms with E-state index in [1.807, 2.05) is 6.07 Å². The maximum Gasteiger partial charge on any atom is 0.372 e. The number of ether oxygens (including phenoxy) is 1. The van der Waals surface area contributed by atoms with Crippen LogP contribution in [0.15, 0.2) is 41.0 Å². The van der Waals surface area contributed by atoms with Crippen LogP contribution in [0.3, 0.4) is 0 Å². The lowest BCUT2D eigenvalue weighted by atomic mass is 9.83. The molecule has 5 heteroatoms. The van der Waals surface area contributed by atoms with Gasteiger partial charge in [0.2, 0.25) is 5.76 Å². The molecule has 4 rings (SSSR count). The van der Waals surface area contributed by atoms with Crippen LogP contribution in [0, 0.1) is 0 Å². The van der Waals surface area contributed by atoms with E-state index in [0.717, 1.165) is 50.1 Å². The number of carboxylic acids is 1. The number of carbonyl (C=O) groups is 1. The molecule has 0 saturated carbocycles. The summed E-state index contributed by atoms with van der Waals surface area (Å²) in [5.74, 6) is 0.0778. The Bertz CT molecular complexity index is 743. The van der Waals surface area contributed by atoms with Crippen LogP contribution >= 0.6 is 0 Å². The van der Waals surface area contributed by atoms with Gasteiger partial charge in [-0.2, -0.15) is 0 Å². The number of para-hydroxylation sites is 1. The highest BCUT2D eigenvalue weighted by Gasteiger charge is 2.39. The van der Waals surface area contributed by atoms with Crippen LogP contribution in [0.2, 0.25) is 0 Å². The van der Waals surface area contributed by atoms with Crippen LogP contribution in [0.1, 0.15) is 40.9 Å². The predicted molar refractivity (Wildman–Crippen MR) is 88.3 cm³/mol. The zero-order chi connectivity index (χ0) is 16.6. The Morgan fingerprint density at radius 3 is 2.75 bits per heavy atom. The largest absolute Gasteiger partial charge is 0.487 e. The van der Waals surface area contributed by atoms with Gasteiger partial charge in [-0.1, -0.05) is 18.2 Å². The van der Waals surface area contributed by atoms with Crippen LogP contribution in [0.4, 0.5) is 0 Å². The van der Waals surface area contributed by atoms with Gasteiger partial charge in [-0.25, -0.2) is 4.79 Å². The van der Waals surface area contributed by atoms with Gasteiger partial charge in [0.15, 0.2) is 0 Å². The summed E-state index contributed by atoms with van der Waals surface area (Å²) >= 11 is 0. The zero-order valence-electron chi connectivity index (χ0n) is 13.5. The normalized spacial score (nSPS) is 19.7. The zero-order valence-corrected chi connectivity index (χ0v) is 13.5. The van der Waals surface area contributed by atoms with Gasteiger partial charge in [-0.05, 0) is 43.4 Å². The van der Waals surface area contributed by atoms with E-state index in [1.165, 1.54) is 11.8 Å². The molecule has 1 N–H and O–H groups in total. The molecule has 1 aromatic heterocycles. The Morgan fingerprint density at radius 2 is 1.96 bits per heavy atom. The number of aryl methyl sites for hydroxylation is 1. The minimum absolute atomic E-state index is 0.0538. The fourth-order valence-corrected chi connectivity index (χ4v) is 3.82. The molecule has 1 spiro atoms. The number of piperidine rings is 1. The van der Waals surface area contributed by atoms with Crippen molar-refractivity contribution < 1.29 is 19.1 Å². The fourth-order valence-electron chi connectivity index (χ4n) is 3.82. The Hall–Kier alpha value is -2.27. The third-order valence-corrected chi connectivity index (χ3v) is 5.25. The lowest BCUT2D eigenvalue weighted by Crippen LogP contribution is -2.49. The number of fused-ring (bicyclic) bond motifs is 1. The van der Waals surface area contributed by atoms with E-state index in [0.29, 0.717) is 6.54 Å². The smallest absolute Gasteiger partial charge is 0.372 e. The van der Waals surface area contributed by atoms with E-state index in [2.05, 4.69) is 23.1 Å². The molecule has 1 saturated heterocycles. The molecular formula is C19H21NO4. The third kappa shape index (κ3) is 2.80. The van der Waals surface area contributed by atoms with Gasteiger partial charge in [0.05, 0.1) is 6.26 Å². The molecule has 1 aromatic carbocycles. The molecule has 2 aliphatic heterocycles. The van der Waals surface area contributed by atoms with Crippen molar-refractivity contribution in [2.75, 3.05) is 13.1 Å². The molecule has 5 nitrogen and oxygen atoms in total. The lowest BCUT2D eigenvalue weighted by molar-refractivity contribution is -0.0164. The number of hydrogen-bond donors (Lipinski definition) is 1. The van der Waals surface area contributed by atoms with Crippen molar-refractivity contribution in [3.05, 3.63) is 53.5 Å². The highest BCUT2D eigenvalue weighted by molar-refractivity contribution is 5.86. The summed E-state index contributed by atoms with van der Waals surface area (Å²) in [7, 11) is 0. The minimum atomic E-state index is -1.00. The van der Waals surface area contributed by atoms with Gasteiger partial charge in [0.1, 0.15) is 11.4 Å². The molecule has 0 amide bonds. The average Bonchev–Trinajstić information content (AvgIpc) is 3.06. The molecule has 2 aliphatic rings. The van der Waals surface area contributed by atoms with E-state index in [4.69, 9.17) is 14.3 Å². The standard InChI is InChI=1S/C19H21NO4/c21-18(22)17-15(6-12-23-17)13-20-10-8-19(9-11-20)7-5-14-3-1-2-4-16(14)24-19/h1-4,6,12H,5,7-11,13H2,(H,21,22). The van der Waals surface area contributed by atoms with E-state index >= 15 is 0 Å². The summed E-state index contributed by atoms with van der Waals surface area (Å²) in [6.45, 7) is 2.43. The highest BCUT2D eigenvalue weighted by atomic mass is 16.5. The van der Waals surface area contributed by atoms with Crippen LogP contribution < -0.4 is 4.74 Å². The molecule has 0 unspecified atom stereocenters. The first-order valence-corrected chi connectivity index (χ1v) is 8.44. The molecule has 2 aromatic rings. The first-order valence-electron chi connectivity index (χ1n) is 8.44. The van der Waals surface area contributed by atoms with Gasteiger partial charge in [0.25, 0.3) is 0 Å². The first-order chi connectivity index (χ1) is 11.7. The Morgan fingerprint density at radius 1 is 1.17 bits per heavy atom. The van der Waals surface area contributed by atoms with Crippen LogP contribution in [-0.2, 0) is 13.0 Å². The maximum absolute atomic E-state index is 11.2. The van der Waals surface area contributed by atoms with Crippen molar-refractivity contribution >= 4 is 5.97 Å². The van der Waals surface area contributed by atoms with E-state index in [-0.39, 0.29) is 11.4 Å². The third-order valence-electron chi connectivity index (χ3n) is 5.25. The summed E-state index contributed by atoms with van der Waals surface area (Å²) in [5, 5.41) is 9.14. The second-order valence-electron chi connectivity index (χ2n) is 6.75. The van der Waals surface area contributed by atoms with Crippen molar-refractivity contribution in [3.63, 3.8) is 0 Å². The number of aromatic carboxylic acids is 1. The van der Waals surface area contributed by atoms with Gasteiger partial charge < -0.3 is 14.3 Å². The minimum Gasteiger partial charge on any atom is -0.487 e. The maximum atomic E-state index is 11.2. The second-order valence-corrected chi connectivity index (χ2v) is 6.75. The molecule has 0 aliphatic carbocycles. The number of benzene rings is 1. The quantitative estimate of drug-likeness (QED) is 0.937. The molecule has 126 valence electrons. The Labute approximate surface area is 140 Å². The Kier molecular flexibility index (Phi) is 3.81. The number of likely N-dealkylation sites (tertiary alicyclic amines) is 1. The molecular weight excluding hydrogens is 306 g/mol. The predicted octanol–water partition coefficient (Wildman–Crippen LogP) is 3.34. The average molecular weight is 327 g/mol. The number of furan rings is 1. The first kappa shape index (κ1) is 15.3. The van der Waals surface area contributed by atoms with Crippen molar-refractivity contribution in [2.45, 2.75) is 37.8 Å². The van der Waals surface area contributed by atoms with Gasteiger partial charge in [-0.3, -0.25) is 4.90 Å². The number of hydrogen-bond acceptors (Lipinski definition) is 4. The Balaban J connectivity index is 1.41. The summed E-state index contributed by atoms with van der Waals surface area (Å²) in [5.41, 5.74) is 1.99. The summed E-state index contributed by atoms with van der Waals surface area (Å²) < 4.78 is 11.4. The summed E-state index contributed by atoms with van der Waals surface area (Å²) in [4.78, 5) is 13.4. The van der Waals surface area contributed by atoms with Crippen molar-refractivity contribution in [1.82, 2.24) is 4.90 Å². The number of rotatable bonds is 3. The second kappa shape index (κ2) is 5.98. The number of carboxylic acid groups (broad SMARTS) is 1. The monoisotopic (exact) mass is 327 g/mol. The topological polar surface area (TPSA) is 62.9 Å². The van der Waals surface area contributed by atoms with E-state index in [9.17, 15) is 4.79 Å². The fraction of sp³-hybridized carbons (Fsp3) is 0.421.